The van der Waals surface area contributed by atoms with Crippen LogP contribution in [0.3, 0.4) is 0 Å². The topological polar surface area (TPSA) is 72.5 Å². The lowest BCUT2D eigenvalue weighted by atomic mass is 10.3. The normalized spacial score (nSPS) is 11.1. The zero-order chi connectivity index (χ0) is 12.4. The third-order valence-electron chi connectivity index (χ3n) is 2.59. The minimum Gasteiger partial charge on any atom is -0.382 e. The predicted octanol–water partition coefficient (Wildman–Crippen LogP) is 2.13. The van der Waals surface area contributed by atoms with E-state index >= 15 is 0 Å². The van der Waals surface area contributed by atoms with Gasteiger partial charge in [0.05, 0.1) is 17.6 Å². The SMILES string of the molecule is Nc1ccn(CCSc2nc3ccccc3[nH]2)n1. The lowest BCUT2D eigenvalue weighted by molar-refractivity contribution is 0.669. The molecule has 2 heterocycles. The Morgan fingerprint density at radius 3 is 2.94 bits per heavy atom. The van der Waals surface area contributed by atoms with Gasteiger partial charge in [0.1, 0.15) is 5.82 Å². The maximum absolute atomic E-state index is 5.56. The molecule has 0 radical (unpaired) electrons. The molecule has 0 amide bonds. The van der Waals surface area contributed by atoms with Gasteiger partial charge in [0.25, 0.3) is 0 Å². The van der Waals surface area contributed by atoms with Crippen molar-refractivity contribution in [3.63, 3.8) is 0 Å². The van der Waals surface area contributed by atoms with E-state index in [-0.39, 0.29) is 0 Å². The minimum atomic E-state index is 0.559. The fourth-order valence-electron chi connectivity index (χ4n) is 1.74. The molecule has 0 unspecified atom stereocenters. The van der Waals surface area contributed by atoms with Crippen LogP contribution in [0.1, 0.15) is 0 Å². The summed E-state index contributed by atoms with van der Waals surface area (Å²) >= 11 is 1.68. The van der Waals surface area contributed by atoms with Crippen LogP contribution in [0.25, 0.3) is 11.0 Å². The molecule has 0 fully saturated rings. The van der Waals surface area contributed by atoms with Crippen molar-refractivity contribution < 1.29 is 0 Å². The highest BCUT2D eigenvalue weighted by Crippen LogP contribution is 2.19. The molecule has 3 rings (SSSR count). The molecule has 6 heteroatoms. The second-order valence-corrected chi connectivity index (χ2v) is 4.99. The number of aromatic nitrogens is 4. The summed E-state index contributed by atoms with van der Waals surface area (Å²) in [6.07, 6.45) is 1.88. The van der Waals surface area contributed by atoms with Gasteiger partial charge in [-0.25, -0.2) is 4.98 Å². The highest BCUT2D eigenvalue weighted by atomic mass is 32.2. The van der Waals surface area contributed by atoms with E-state index in [4.69, 9.17) is 5.73 Å². The number of nitrogens with zero attached hydrogens (tertiary/aromatic N) is 3. The van der Waals surface area contributed by atoms with E-state index in [0.29, 0.717) is 5.82 Å². The second-order valence-electron chi connectivity index (χ2n) is 3.91. The second kappa shape index (κ2) is 4.73. The number of nitrogens with two attached hydrogens (primary N) is 1. The first-order chi connectivity index (χ1) is 8.81. The maximum atomic E-state index is 5.56. The number of hydrogen-bond donors (Lipinski definition) is 2. The molecule has 0 aliphatic heterocycles. The van der Waals surface area contributed by atoms with Crippen molar-refractivity contribution in [2.75, 3.05) is 11.5 Å². The molecule has 0 aliphatic rings. The van der Waals surface area contributed by atoms with E-state index in [1.165, 1.54) is 0 Å². The summed E-state index contributed by atoms with van der Waals surface area (Å²) in [5.41, 5.74) is 7.63. The molecule has 0 aliphatic carbocycles. The summed E-state index contributed by atoms with van der Waals surface area (Å²) < 4.78 is 1.84. The number of para-hydroxylation sites is 2. The molecule has 18 heavy (non-hydrogen) atoms. The highest BCUT2D eigenvalue weighted by molar-refractivity contribution is 7.99. The average molecular weight is 259 g/mol. The van der Waals surface area contributed by atoms with Crippen molar-refractivity contribution in [1.29, 1.82) is 0 Å². The van der Waals surface area contributed by atoms with Crippen molar-refractivity contribution in [2.45, 2.75) is 11.7 Å². The molecule has 3 aromatic rings. The first kappa shape index (κ1) is 11.2. The van der Waals surface area contributed by atoms with Gasteiger partial charge < -0.3 is 10.7 Å². The number of rotatable bonds is 4. The largest absolute Gasteiger partial charge is 0.382 e. The number of imidazole rings is 1. The van der Waals surface area contributed by atoms with Crippen molar-refractivity contribution in [2.24, 2.45) is 0 Å². The summed E-state index contributed by atoms with van der Waals surface area (Å²) in [5, 5.41) is 5.08. The number of hydrogen-bond acceptors (Lipinski definition) is 4. The predicted molar refractivity (Wildman–Crippen MR) is 73.5 cm³/mol. The Hall–Kier alpha value is -1.95. The Balaban J connectivity index is 1.62. The summed E-state index contributed by atoms with van der Waals surface area (Å²) in [4.78, 5) is 7.79. The first-order valence-corrected chi connectivity index (χ1v) is 6.66. The smallest absolute Gasteiger partial charge is 0.166 e. The zero-order valence-corrected chi connectivity index (χ0v) is 10.5. The molecule has 0 atom stereocenters. The summed E-state index contributed by atoms with van der Waals surface area (Å²) in [6.45, 7) is 0.818. The van der Waals surface area contributed by atoms with Crippen LogP contribution in [-0.4, -0.2) is 25.5 Å². The third kappa shape index (κ3) is 2.33. The standard InChI is InChI=1S/C12H13N5S/c13-11-5-6-17(16-11)7-8-18-12-14-9-3-1-2-4-10(9)15-12/h1-6H,7-8H2,(H2,13,16)(H,14,15). The number of H-pyrrole nitrogens is 1. The van der Waals surface area contributed by atoms with E-state index in [2.05, 4.69) is 15.1 Å². The van der Waals surface area contributed by atoms with Crippen LogP contribution >= 0.6 is 11.8 Å². The van der Waals surface area contributed by atoms with Crippen LogP contribution < -0.4 is 5.73 Å². The van der Waals surface area contributed by atoms with Crippen LogP contribution in [0.15, 0.2) is 41.7 Å². The van der Waals surface area contributed by atoms with E-state index in [9.17, 15) is 0 Å². The number of aromatic amines is 1. The number of anilines is 1. The number of thioether (sulfide) groups is 1. The van der Waals surface area contributed by atoms with Crippen LogP contribution in [0.5, 0.6) is 0 Å². The molecule has 2 aromatic heterocycles. The maximum Gasteiger partial charge on any atom is 0.166 e. The molecule has 0 saturated carbocycles. The van der Waals surface area contributed by atoms with E-state index in [1.807, 2.05) is 35.1 Å². The number of aryl methyl sites for hydroxylation is 1. The van der Waals surface area contributed by atoms with Crippen LogP contribution in [0.4, 0.5) is 5.82 Å². The summed E-state index contributed by atoms with van der Waals surface area (Å²) in [5.74, 6) is 1.46. The van der Waals surface area contributed by atoms with Crippen molar-refractivity contribution in [3.8, 4) is 0 Å². The molecular formula is C12H13N5S. The lowest BCUT2D eigenvalue weighted by Gasteiger charge is -1.98. The van der Waals surface area contributed by atoms with Crippen LogP contribution in [0, 0.1) is 0 Å². The monoisotopic (exact) mass is 259 g/mol. The fourth-order valence-corrected chi connectivity index (χ4v) is 2.55. The Kier molecular flexibility index (Phi) is 2.93. The molecule has 5 nitrogen and oxygen atoms in total. The highest BCUT2D eigenvalue weighted by Gasteiger charge is 2.02. The number of nitrogen functional groups attached to an aromatic ring is 1. The first-order valence-electron chi connectivity index (χ1n) is 5.68. The van der Waals surface area contributed by atoms with Gasteiger partial charge in [-0.1, -0.05) is 23.9 Å². The molecular weight excluding hydrogens is 246 g/mol. The van der Waals surface area contributed by atoms with Gasteiger partial charge in [0.2, 0.25) is 0 Å². The molecule has 0 bridgehead atoms. The average Bonchev–Trinajstić information content (AvgIpc) is 2.95. The van der Waals surface area contributed by atoms with Gasteiger partial charge >= 0.3 is 0 Å². The van der Waals surface area contributed by atoms with Crippen LogP contribution in [0.2, 0.25) is 0 Å². The molecule has 92 valence electrons. The Bertz CT molecular complexity index is 624. The Labute approximate surface area is 108 Å². The quantitative estimate of drug-likeness (QED) is 0.704. The summed E-state index contributed by atoms with van der Waals surface area (Å²) in [7, 11) is 0. The van der Waals surface area contributed by atoms with Gasteiger partial charge in [-0.05, 0) is 18.2 Å². The fraction of sp³-hybridized carbons (Fsp3) is 0.167. The number of benzene rings is 1. The Morgan fingerprint density at radius 1 is 1.28 bits per heavy atom. The van der Waals surface area contributed by atoms with Crippen LogP contribution in [-0.2, 0) is 6.54 Å². The zero-order valence-electron chi connectivity index (χ0n) is 9.71. The lowest BCUT2D eigenvalue weighted by Crippen LogP contribution is -2.01. The van der Waals surface area contributed by atoms with Crippen molar-refractivity contribution in [1.82, 2.24) is 19.7 Å². The van der Waals surface area contributed by atoms with Crippen molar-refractivity contribution >= 4 is 28.6 Å². The summed E-state index contributed by atoms with van der Waals surface area (Å²) in [6, 6.07) is 9.82. The minimum absolute atomic E-state index is 0.559. The van der Waals surface area contributed by atoms with Gasteiger partial charge in [0.15, 0.2) is 5.16 Å². The van der Waals surface area contributed by atoms with Gasteiger partial charge in [0, 0.05) is 11.9 Å². The molecule has 0 spiro atoms. The third-order valence-corrected chi connectivity index (χ3v) is 3.44. The molecule has 3 N–H and O–H groups in total. The van der Waals surface area contributed by atoms with E-state index < -0.39 is 0 Å². The number of fused-ring (bicyclic) bond motifs is 1. The van der Waals surface area contributed by atoms with Crippen molar-refractivity contribution in [3.05, 3.63) is 36.5 Å². The molecule has 0 saturated heterocycles. The van der Waals surface area contributed by atoms with Gasteiger partial charge in [-0.15, -0.1) is 0 Å². The number of nitrogens with one attached hydrogen (secondary N) is 1. The van der Waals surface area contributed by atoms with Gasteiger partial charge in [-0.3, -0.25) is 4.68 Å². The molecule has 1 aromatic carbocycles. The van der Waals surface area contributed by atoms with Gasteiger partial charge in [-0.2, -0.15) is 5.10 Å². The Morgan fingerprint density at radius 2 is 2.17 bits per heavy atom. The van der Waals surface area contributed by atoms with E-state index in [1.54, 1.807) is 17.8 Å². The van der Waals surface area contributed by atoms with E-state index in [0.717, 1.165) is 28.5 Å².